The highest BCUT2D eigenvalue weighted by Gasteiger charge is 2.37. The first-order valence-electron chi connectivity index (χ1n) is 7.46. The SMILES string of the molecule is C=Cc1ccc(B2OCC(C(=O)OCc3ccccc3)O2)cc1. The highest BCUT2D eigenvalue weighted by molar-refractivity contribution is 6.62. The Morgan fingerprint density at radius 3 is 2.65 bits per heavy atom. The van der Waals surface area contributed by atoms with Crippen LogP contribution in [0.15, 0.2) is 61.2 Å². The highest BCUT2D eigenvalue weighted by atomic mass is 16.7. The first-order valence-corrected chi connectivity index (χ1v) is 7.46. The van der Waals surface area contributed by atoms with Crippen molar-refractivity contribution in [3.8, 4) is 0 Å². The molecule has 1 aliphatic heterocycles. The smallest absolute Gasteiger partial charge is 0.459 e. The molecule has 5 heteroatoms. The molecular weight excluding hydrogens is 291 g/mol. The lowest BCUT2D eigenvalue weighted by Crippen LogP contribution is -2.34. The van der Waals surface area contributed by atoms with Crippen molar-refractivity contribution in [2.75, 3.05) is 6.61 Å². The van der Waals surface area contributed by atoms with E-state index < -0.39 is 19.2 Å². The first-order chi connectivity index (χ1) is 11.3. The van der Waals surface area contributed by atoms with Crippen LogP contribution < -0.4 is 5.46 Å². The van der Waals surface area contributed by atoms with Crippen LogP contribution in [0.1, 0.15) is 11.1 Å². The normalized spacial score (nSPS) is 17.0. The summed E-state index contributed by atoms with van der Waals surface area (Å²) in [5.74, 6) is -0.404. The van der Waals surface area contributed by atoms with Crippen molar-refractivity contribution in [1.82, 2.24) is 0 Å². The minimum atomic E-state index is -0.692. The average Bonchev–Trinajstić information content (AvgIpc) is 3.11. The van der Waals surface area contributed by atoms with Crippen molar-refractivity contribution in [3.63, 3.8) is 0 Å². The zero-order valence-electron chi connectivity index (χ0n) is 12.7. The molecular formula is C18H17BO4. The molecule has 1 atom stereocenters. The molecule has 1 fully saturated rings. The summed E-state index contributed by atoms with van der Waals surface area (Å²) < 4.78 is 16.5. The summed E-state index contributed by atoms with van der Waals surface area (Å²) in [7, 11) is -0.539. The Bertz CT molecular complexity index is 669. The Hall–Kier alpha value is -2.37. The Morgan fingerprint density at radius 2 is 1.96 bits per heavy atom. The number of rotatable bonds is 5. The molecule has 0 aliphatic carbocycles. The number of carbonyl (C=O) groups excluding carboxylic acids is 1. The third-order valence-electron chi connectivity index (χ3n) is 3.62. The molecule has 0 spiro atoms. The van der Waals surface area contributed by atoms with Gasteiger partial charge in [0, 0.05) is 0 Å². The second kappa shape index (κ2) is 7.27. The summed E-state index contributed by atoms with van der Waals surface area (Å²) in [4.78, 5) is 12.1. The molecule has 1 unspecified atom stereocenters. The third kappa shape index (κ3) is 3.89. The maximum atomic E-state index is 12.1. The van der Waals surface area contributed by atoms with Crippen LogP contribution in [-0.2, 0) is 25.4 Å². The van der Waals surface area contributed by atoms with E-state index in [4.69, 9.17) is 14.0 Å². The van der Waals surface area contributed by atoms with E-state index >= 15 is 0 Å². The highest BCUT2D eigenvalue weighted by Crippen LogP contribution is 2.12. The Labute approximate surface area is 135 Å². The van der Waals surface area contributed by atoms with Crippen molar-refractivity contribution in [3.05, 3.63) is 72.3 Å². The summed E-state index contributed by atoms with van der Waals surface area (Å²) in [6.07, 6.45) is 1.08. The van der Waals surface area contributed by atoms with Crippen LogP contribution in [-0.4, -0.2) is 25.8 Å². The van der Waals surface area contributed by atoms with Crippen molar-refractivity contribution in [2.24, 2.45) is 0 Å². The van der Waals surface area contributed by atoms with Gasteiger partial charge < -0.3 is 14.0 Å². The van der Waals surface area contributed by atoms with Gasteiger partial charge in [0.25, 0.3) is 0 Å². The molecule has 0 N–H and O–H groups in total. The van der Waals surface area contributed by atoms with Crippen molar-refractivity contribution in [1.29, 1.82) is 0 Å². The molecule has 0 aromatic heterocycles. The fraction of sp³-hybridized carbons (Fsp3) is 0.167. The molecule has 1 aliphatic rings. The van der Waals surface area contributed by atoms with Crippen molar-refractivity contribution < 1.29 is 18.8 Å². The maximum absolute atomic E-state index is 12.1. The lowest BCUT2D eigenvalue weighted by Gasteiger charge is -2.10. The summed E-state index contributed by atoms with van der Waals surface area (Å²) >= 11 is 0. The number of benzene rings is 2. The van der Waals surface area contributed by atoms with E-state index in [1.54, 1.807) is 6.08 Å². The van der Waals surface area contributed by atoms with E-state index in [0.717, 1.165) is 16.6 Å². The summed E-state index contributed by atoms with van der Waals surface area (Å²) in [6.45, 7) is 4.15. The summed E-state index contributed by atoms with van der Waals surface area (Å²) in [5.41, 5.74) is 2.83. The van der Waals surface area contributed by atoms with Crippen LogP contribution in [0.4, 0.5) is 0 Å². The van der Waals surface area contributed by atoms with E-state index in [1.165, 1.54) is 0 Å². The van der Waals surface area contributed by atoms with Gasteiger partial charge in [-0.3, -0.25) is 0 Å². The molecule has 1 saturated heterocycles. The molecule has 3 rings (SSSR count). The van der Waals surface area contributed by atoms with Gasteiger partial charge in [-0.05, 0) is 16.6 Å². The first kappa shape index (κ1) is 15.5. The number of carbonyl (C=O) groups is 1. The van der Waals surface area contributed by atoms with Gasteiger partial charge >= 0.3 is 13.1 Å². The van der Waals surface area contributed by atoms with E-state index in [9.17, 15) is 4.79 Å². The molecule has 2 aromatic carbocycles. The van der Waals surface area contributed by atoms with Gasteiger partial charge in [-0.2, -0.15) is 0 Å². The van der Waals surface area contributed by atoms with Gasteiger partial charge in [0.2, 0.25) is 0 Å². The lowest BCUT2D eigenvalue weighted by molar-refractivity contribution is -0.152. The molecule has 23 heavy (non-hydrogen) atoms. The third-order valence-corrected chi connectivity index (χ3v) is 3.62. The molecule has 1 heterocycles. The number of esters is 1. The minimum absolute atomic E-state index is 0.196. The second-order valence-electron chi connectivity index (χ2n) is 5.25. The van der Waals surface area contributed by atoms with Gasteiger partial charge in [-0.15, -0.1) is 0 Å². The van der Waals surface area contributed by atoms with E-state index in [-0.39, 0.29) is 13.2 Å². The van der Waals surface area contributed by atoms with Crippen LogP contribution in [0, 0.1) is 0 Å². The zero-order valence-corrected chi connectivity index (χ0v) is 12.7. The van der Waals surface area contributed by atoms with Gasteiger partial charge in [-0.1, -0.05) is 67.3 Å². The van der Waals surface area contributed by atoms with Crippen molar-refractivity contribution >= 4 is 24.6 Å². The van der Waals surface area contributed by atoms with Crippen molar-refractivity contribution in [2.45, 2.75) is 12.7 Å². The molecule has 116 valence electrons. The Balaban J connectivity index is 1.54. The lowest BCUT2D eigenvalue weighted by atomic mass is 9.79. The van der Waals surface area contributed by atoms with Gasteiger partial charge in [0.15, 0.2) is 6.10 Å². The average molecular weight is 308 g/mol. The molecule has 0 bridgehead atoms. The van der Waals surface area contributed by atoms with Crippen LogP contribution in [0.3, 0.4) is 0 Å². The van der Waals surface area contributed by atoms with Crippen LogP contribution in [0.25, 0.3) is 6.08 Å². The Kier molecular flexibility index (Phi) is 4.90. The minimum Gasteiger partial charge on any atom is -0.459 e. The zero-order chi connectivity index (χ0) is 16.1. The quantitative estimate of drug-likeness (QED) is 0.627. The van der Waals surface area contributed by atoms with E-state index in [1.807, 2.05) is 54.6 Å². The molecule has 0 radical (unpaired) electrons. The largest absolute Gasteiger partial charge is 0.494 e. The topological polar surface area (TPSA) is 44.8 Å². The van der Waals surface area contributed by atoms with Crippen LogP contribution in [0.2, 0.25) is 0 Å². The summed E-state index contributed by atoms with van der Waals surface area (Å²) in [5, 5.41) is 0. The second-order valence-corrected chi connectivity index (χ2v) is 5.25. The standard InChI is InChI=1S/C18H17BO4/c1-2-14-8-10-16(11-9-14)19-22-13-17(23-19)18(20)21-12-15-6-4-3-5-7-15/h2-11,17H,1,12-13H2. The van der Waals surface area contributed by atoms with Gasteiger partial charge in [-0.25, -0.2) is 4.79 Å². The summed E-state index contributed by atoms with van der Waals surface area (Å²) in [6, 6.07) is 17.2. The number of ether oxygens (including phenoxy) is 1. The van der Waals surface area contributed by atoms with E-state index in [2.05, 4.69) is 6.58 Å². The fourth-order valence-electron chi connectivity index (χ4n) is 2.31. The van der Waals surface area contributed by atoms with Crippen LogP contribution in [0.5, 0.6) is 0 Å². The number of hydrogen-bond donors (Lipinski definition) is 0. The van der Waals surface area contributed by atoms with Gasteiger partial charge in [0.05, 0.1) is 6.61 Å². The van der Waals surface area contributed by atoms with E-state index in [0.29, 0.717) is 0 Å². The molecule has 2 aromatic rings. The monoisotopic (exact) mass is 308 g/mol. The predicted octanol–water partition coefficient (Wildman–Crippen LogP) is 2.18. The maximum Gasteiger partial charge on any atom is 0.494 e. The number of hydrogen-bond acceptors (Lipinski definition) is 4. The molecule has 0 amide bonds. The Morgan fingerprint density at radius 1 is 1.22 bits per heavy atom. The predicted molar refractivity (Wildman–Crippen MR) is 89.0 cm³/mol. The molecule has 4 nitrogen and oxygen atoms in total. The fourth-order valence-corrected chi connectivity index (χ4v) is 2.31. The molecule has 0 saturated carbocycles. The van der Waals surface area contributed by atoms with Gasteiger partial charge in [0.1, 0.15) is 6.61 Å². The van der Waals surface area contributed by atoms with Crippen LogP contribution >= 0.6 is 0 Å².